The summed E-state index contributed by atoms with van der Waals surface area (Å²) in [5.41, 5.74) is 3.64. The van der Waals surface area contributed by atoms with Gasteiger partial charge in [-0.15, -0.1) is 0 Å². The zero-order valence-electron chi connectivity index (χ0n) is 13.5. The van der Waals surface area contributed by atoms with Gasteiger partial charge in [-0.1, -0.05) is 59.6 Å². The van der Waals surface area contributed by atoms with Crippen molar-refractivity contribution >= 4 is 15.9 Å². The van der Waals surface area contributed by atoms with Gasteiger partial charge in [-0.2, -0.15) is 0 Å². The van der Waals surface area contributed by atoms with Gasteiger partial charge in [-0.05, 0) is 43.1 Å². The van der Waals surface area contributed by atoms with Crippen LogP contribution < -0.4 is 10.1 Å². The molecule has 0 fully saturated rings. The van der Waals surface area contributed by atoms with Gasteiger partial charge in [-0.25, -0.2) is 0 Å². The molecule has 0 aliphatic heterocycles. The Bertz CT molecular complexity index is 593. The molecular formula is C19H24BrNO. The smallest absolute Gasteiger partial charge is 0.124 e. The van der Waals surface area contributed by atoms with E-state index in [-0.39, 0.29) is 0 Å². The first-order valence-electron chi connectivity index (χ1n) is 7.72. The molecule has 0 heterocycles. The maximum atomic E-state index is 6.01. The van der Waals surface area contributed by atoms with Crippen LogP contribution in [0.3, 0.4) is 0 Å². The Morgan fingerprint density at radius 2 is 1.82 bits per heavy atom. The van der Waals surface area contributed by atoms with Crippen LogP contribution in [0.15, 0.2) is 46.9 Å². The molecule has 22 heavy (non-hydrogen) atoms. The van der Waals surface area contributed by atoms with Crippen molar-refractivity contribution in [2.24, 2.45) is 5.92 Å². The van der Waals surface area contributed by atoms with E-state index in [4.69, 9.17) is 4.74 Å². The number of hydrogen-bond acceptors (Lipinski definition) is 2. The minimum Gasteiger partial charge on any atom is -0.489 e. The van der Waals surface area contributed by atoms with E-state index in [1.807, 2.05) is 12.1 Å². The Morgan fingerprint density at radius 3 is 2.50 bits per heavy atom. The summed E-state index contributed by atoms with van der Waals surface area (Å²) in [6.45, 7) is 8.94. The van der Waals surface area contributed by atoms with E-state index in [9.17, 15) is 0 Å². The van der Waals surface area contributed by atoms with Crippen LogP contribution in [-0.4, -0.2) is 6.54 Å². The molecule has 2 nitrogen and oxygen atoms in total. The molecule has 0 spiro atoms. The van der Waals surface area contributed by atoms with Crippen LogP contribution in [0.4, 0.5) is 0 Å². The van der Waals surface area contributed by atoms with E-state index < -0.39 is 0 Å². The van der Waals surface area contributed by atoms with E-state index >= 15 is 0 Å². The average Bonchev–Trinajstić information content (AvgIpc) is 2.48. The minimum atomic E-state index is 0.596. The van der Waals surface area contributed by atoms with Crippen molar-refractivity contribution in [2.45, 2.75) is 33.9 Å². The predicted octanol–water partition coefficient (Wildman–Crippen LogP) is 5.08. The van der Waals surface area contributed by atoms with Crippen molar-refractivity contribution in [3.8, 4) is 5.75 Å². The first-order chi connectivity index (χ1) is 10.5. The van der Waals surface area contributed by atoms with Crippen LogP contribution in [0, 0.1) is 12.8 Å². The van der Waals surface area contributed by atoms with Crippen LogP contribution in [-0.2, 0) is 13.2 Å². The van der Waals surface area contributed by atoms with Gasteiger partial charge in [0.05, 0.1) is 0 Å². The van der Waals surface area contributed by atoms with Gasteiger partial charge in [0.2, 0.25) is 0 Å². The Morgan fingerprint density at radius 1 is 1.09 bits per heavy atom. The highest BCUT2D eigenvalue weighted by atomic mass is 79.9. The van der Waals surface area contributed by atoms with Gasteiger partial charge in [0.15, 0.2) is 0 Å². The molecule has 0 saturated carbocycles. The van der Waals surface area contributed by atoms with Gasteiger partial charge in [0, 0.05) is 16.6 Å². The summed E-state index contributed by atoms with van der Waals surface area (Å²) in [6.07, 6.45) is 0. The van der Waals surface area contributed by atoms with Gasteiger partial charge >= 0.3 is 0 Å². The lowest BCUT2D eigenvalue weighted by Gasteiger charge is -2.14. The molecule has 3 heteroatoms. The molecule has 118 valence electrons. The largest absolute Gasteiger partial charge is 0.489 e. The van der Waals surface area contributed by atoms with E-state index in [0.29, 0.717) is 12.5 Å². The fraction of sp³-hybridized carbons (Fsp3) is 0.368. The maximum Gasteiger partial charge on any atom is 0.124 e. The summed E-state index contributed by atoms with van der Waals surface area (Å²) in [5, 5.41) is 3.47. The molecular weight excluding hydrogens is 338 g/mol. The molecule has 0 radical (unpaired) electrons. The normalized spacial score (nSPS) is 11.0. The van der Waals surface area contributed by atoms with E-state index in [1.54, 1.807) is 0 Å². The Kier molecular flexibility index (Phi) is 6.47. The third-order valence-electron chi connectivity index (χ3n) is 3.41. The summed E-state index contributed by atoms with van der Waals surface area (Å²) < 4.78 is 7.09. The van der Waals surface area contributed by atoms with Crippen LogP contribution >= 0.6 is 15.9 Å². The van der Waals surface area contributed by atoms with Crippen molar-refractivity contribution in [3.63, 3.8) is 0 Å². The standard InChI is InChI=1S/C19H24BrNO/c1-14(2)11-21-12-17-10-18(20)8-9-19(17)22-13-16-6-4-15(3)5-7-16/h4-10,14,21H,11-13H2,1-3H3. The Balaban J connectivity index is 2.01. The highest BCUT2D eigenvalue weighted by Gasteiger charge is 2.06. The second-order valence-corrected chi connectivity index (χ2v) is 6.97. The molecule has 2 aromatic carbocycles. The quantitative estimate of drug-likeness (QED) is 0.742. The number of aryl methyl sites for hydroxylation is 1. The lowest BCUT2D eigenvalue weighted by atomic mass is 10.1. The van der Waals surface area contributed by atoms with E-state index in [2.05, 4.69) is 72.3 Å². The topological polar surface area (TPSA) is 21.3 Å². The highest BCUT2D eigenvalue weighted by Crippen LogP contribution is 2.24. The van der Waals surface area contributed by atoms with Crippen LogP contribution in [0.5, 0.6) is 5.75 Å². The first kappa shape index (κ1) is 17.0. The zero-order valence-corrected chi connectivity index (χ0v) is 15.1. The van der Waals surface area contributed by atoms with Crippen molar-refractivity contribution in [1.29, 1.82) is 0 Å². The molecule has 2 aromatic rings. The summed E-state index contributed by atoms with van der Waals surface area (Å²) >= 11 is 3.54. The van der Waals surface area contributed by atoms with Crippen molar-refractivity contribution < 1.29 is 4.74 Å². The van der Waals surface area contributed by atoms with Gasteiger partial charge < -0.3 is 10.1 Å². The summed E-state index contributed by atoms with van der Waals surface area (Å²) in [6, 6.07) is 14.6. The number of nitrogens with one attached hydrogen (secondary N) is 1. The van der Waals surface area contributed by atoms with Gasteiger partial charge in [0.25, 0.3) is 0 Å². The zero-order chi connectivity index (χ0) is 15.9. The second kappa shape index (κ2) is 8.35. The van der Waals surface area contributed by atoms with Crippen molar-refractivity contribution in [1.82, 2.24) is 5.32 Å². The van der Waals surface area contributed by atoms with E-state index in [0.717, 1.165) is 23.3 Å². The molecule has 0 amide bonds. The van der Waals surface area contributed by atoms with Gasteiger partial charge in [0.1, 0.15) is 12.4 Å². The highest BCUT2D eigenvalue weighted by molar-refractivity contribution is 9.10. The molecule has 0 aliphatic carbocycles. The number of hydrogen-bond donors (Lipinski definition) is 1. The molecule has 0 unspecified atom stereocenters. The van der Waals surface area contributed by atoms with Crippen molar-refractivity contribution in [3.05, 3.63) is 63.6 Å². The maximum absolute atomic E-state index is 6.01. The SMILES string of the molecule is Cc1ccc(COc2ccc(Br)cc2CNCC(C)C)cc1. The molecule has 0 bridgehead atoms. The summed E-state index contributed by atoms with van der Waals surface area (Å²) in [5.74, 6) is 1.59. The van der Waals surface area contributed by atoms with Gasteiger partial charge in [-0.3, -0.25) is 0 Å². The second-order valence-electron chi connectivity index (χ2n) is 6.05. The third-order valence-corrected chi connectivity index (χ3v) is 3.90. The summed E-state index contributed by atoms with van der Waals surface area (Å²) in [7, 11) is 0. The van der Waals surface area contributed by atoms with Crippen LogP contribution in [0.1, 0.15) is 30.5 Å². The molecule has 0 aromatic heterocycles. The number of benzene rings is 2. The van der Waals surface area contributed by atoms with Crippen molar-refractivity contribution in [2.75, 3.05) is 6.54 Å². The number of rotatable bonds is 7. The van der Waals surface area contributed by atoms with Crippen LogP contribution in [0.2, 0.25) is 0 Å². The molecule has 0 saturated heterocycles. The molecule has 2 rings (SSSR count). The number of ether oxygens (including phenoxy) is 1. The molecule has 0 aliphatic rings. The molecule has 1 N–H and O–H groups in total. The van der Waals surface area contributed by atoms with E-state index in [1.165, 1.54) is 16.7 Å². The average molecular weight is 362 g/mol. The minimum absolute atomic E-state index is 0.596. The first-order valence-corrected chi connectivity index (χ1v) is 8.51. The predicted molar refractivity (Wildman–Crippen MR) is 96.2 cm³/mol. The number of halogens is 1. The lowest BCUT2D eigenvalue weighted by Crippen LogP contribution is -2.19. The fourth-order valence-corrected chi connectivity index (χ4v) is 2.58. The Labute approximate surface area is 142 Å². The lowest BCUT2D eigenvalue weighted by molar-refractivity contribution is 0.302. The Hall–Kier alpha value is -1.32. The third kappa shape index (κ3) is 5.47. The fourth-order valence-electron chi connectivity index (χ4n) is 2.17. The van der Waals surface area contributed by atoms with Crippen LogP contribution in [0.25, 0.3) is 0 Å². The monoisotopic (exact) mass is 361 g/mol. The summed E-state index contributed by atoms with van der Waals surface area (Å²) in [4.78, 5) is 0. The molecule has 0 atom stereocenters.